The molecule has 0 aliphatic carbocycles. The molecule has 0 aliphatic rings. The molecule has 0 fully saturated rings. The molecule has 0 atom stereocenters. The van der Waals surface area contributed by atoms with Crippen LogP contribution in [0.15, 0.2) is 30.3 Å². The summed E-state index contributed by atoms with van der Waals surface area (Å²) in [5, 5.41) is 10.2. The van der Waals surface area contributed by atoms with E-state index in [4.69, 9.17) is 11.8 Å². The van der Waals surface area contributed by atoms with Crippen molar-refractivity contribution in [2.75, 3.05) is 0 Å². The standard InChI is InChI=1S/C8H8ClNO2.Na/c9-10(8(11)12)6-7-4-2-1-3-5-7;/h1-5H,6H2,(H,11,12);/q;+1/p-1. The van der Waals surface area contributed by atoms with E-state index in [1.54, 1.807) is 12.1 Å². The maximum Gasteiger partial charge on any atom is 1.00 e. The molecule has 3 nitrogen and oxygen atoms in total. The van der Waals surface area contributed by atoms with Crippen molar-refractivity contribution in [3.05, 3.63) is 35.9 Å². The van der Waals surface area contributed by atoms with Gasteiger partial charge in [0.2, 0.25) is 0 Å². The Morgan fingerprint density at radius 2 is 1.92 bits per heavy atom. The van der Waals surface area contributed by atoms with Crippen molar-refractivity contribution in [1.29, 1.82) is 0 Å². The third-order valence-electron chi connectivity index (χ3n) is 1.36. The molecule has 5 heteroatoms. The Labute approximate surface area is 104 Å². The van der Waals surface area contributed by atoms with Crippen molar-refractivity contribution < 1.29 is 39.5 Å². The Morgan fingerprint density at radius 1 is 1.38 bits per heavy atom. The van der Waals surface area contributed by atoms with Gasteiger partial charge in [0.25, 0.3) is 0 Å². The van der Waals surface area contributed by atoms with Crippen LogP contribution in [0.25, 0.3) is 0 Å². The maximum absolute atomic E-state index is 10.2. The van der Waals surface area contributed by atoms with Crippen LogP contribution in [-0.4, -0.2) is 10.5 Å². The van der Waals surface area contributed by atoms with Gasteiger partial charge in [-0.15, -0.1) is 0 Å². The zero-order chi connectivity index (χ0) is 8.97. The molecule has 1 rings (SSSR count). The average molecular weight is 208 g/mol. The number of hydrogen-bond acceptors (Lipinski definition) is 2. The first-order chi connectivity index (χ1) is 5.70. The Morgan fingerprint density at radius 3 is 2.38 bits per heavy atom. The van der Waals surface area contributed by atoms with Crippen LogP contribution in [-0.2, 0) is 6.54 Å². The van der Waals surface area contributed by atoms with E-state index >= 15 is 0 Å². The molecule has 13 heavy (non-hydrogen) atoms. The second-order valence-corrected chi connectivity index (χ2v) is 2.68. The molecule has 0 heterocycles. The Balaban J connectivity index is 0.00000144. The molecule has 0 unspecified atom stereocenters. The van der Waals surface area contributed by atoms with Crippen molar-refractivity contribution in [3.63, 3.8) is 0 Å². The molecule has 0 saturated heterocycles. The molecule has 1 aromatic carbocycles. The molecule has 0 aromatic heterocycles. The normalized spacial score (nSPS) is 8.69. The van der Waals surface area contributed by atoms with Crippen LogP contribution in [0.1, 0.15) is 5.56 Å². The van der Waals surface area contributed by atoms with E-state index in [-0.39, 0.29) is 36.1 Å². The van der Waals surface area contributed by atoms with Gasteiger partial charge in [0.1, 0.15) is 0 Å². The quantitative estimate of drug-likeness (QED) is 0.416. The van der Waals surface area contributed by atoms with Gasteiger partial charge >= 0.3 is 29.6 Å². The first-order valence-corrected chi connectivity index (χ1v) is 3.72. The Kier molecular flexibility index (Phi) is 6.16. The summed E-state index contributed by atoms with van der Waals surface area (Å²) in [6.07, 6.45) is -1.39. The van der Waals surface area contributed by atoms with Gasteiger partial charge in [0.05, 0.1) is 6.54 Å². The van der Waals surface area contributed by atoms with E-state index in [1.165, 1.54) is 0 Å². The van der Waals surface area contributed by atoms with E-state index < -0.39 is 6.09 Å². The molecule has 1 amide bonds. The monoisotopic (exact) mass is 207 g/mol. The van der Waals surface area contributed by atoms with Gasteiger partial charge < -0.3 is 9.90 Å². The fraction of sp³-hybridized carbons (Fsp3) is 0.125. The summed E-state index contributed by atoms with van der Waals surface area (Å²) in [4.78, 5) is 10.2. The summed E-state index contributed by atoms with van der Waals surface area (Å²) in [7, 11) is 0. The third kappa shape index (κ3) is 4.52. The van der Waals surface area contributed by atoms with Crippen molar-refractivity contribution in [1.82, 2.24) is 4.42 Å². The number of nitrogens with zero attached hydrogens (tertiary/aromatic N) is 1. The molecule has 0 saturated carbocycles. The van der Waals surface area contributed by atoms with Crippen molar-refractivity contribution >= 4 is 17.9 Å². The van der Waals surface area contributed by atoms with E-state index in [0.29, 0.717) is 4.42 Å². The largest absolute Gasteiger partial charge is 1.00 e. The van der Waals surface area contributed by atoms with Crippen molar-refractivity contribution in [2.24, 2.45) is 0 Å². The van der Waals surface area contributed by atoms with E-state index in [0.717, 1.165) is 5.56 Å². The maximum atomic E-state index is 10.2. The minimum Gasteiger partial charge on any atom is -0.529 e. The number of carbonyl (C=O) groups excluding carboxylic acids is 1. The van der Waals surface area contributed by atoms with Crippen LogP contribution in [0.4, 0.5) is 4.79 Å². The van der Waals surface area contributed by atoms with E-state index in [1.807, 2.05) is 18.2 Å². The smallest absolute Gasteiger partial charge is 0.529 e. The summed E-state index contributed by atoms with van der Waals surface area (Å²) in [6.45, 7) is 0.144. The molecular weight excluding hydrogens is 201 g/mol. The second-order valence-electron chi connectivity index (χ2n) is 2.27. The second kappa shape index (κ2) is 6.27. The average Bonchev–Trinajstić information content (AvgIpc) is 2.06. The van der Waals surface area contributed by atoms with Crippen LogP contribution in [0.2, 0.25) is 0 Å². The molecule has 0 N–H and O–H groups in total. The van der Waals surface area contributed by atoms with Crippen LogP contribution >= 0.6 is 11.8 Å². The van der Waals surface area contributed by atoms with Crippen molar-refractivity contribution in [2.45, 2.75) is 6.54 Å². The number of carbonyl (C=O) groups is 1. The molecule has 64 valence electrons. The summed E-state index contributed by atoms with van der Waals surface area (Å²) < 4.78 is 0.606. The predicted molar refractivity (Wildman–Crippen MR) is 43.2 cm³/mol. The first-order valence-electron chi connectivity index (χ1n) is 3.38. The van der Waals surface area contributed by atoms with Gasteiger partial charge in [0.15, 0.2) is 6.09 Å². The van der Waals surface area contributed by atoms with Crippen LogP contribution in [0.5, 0.6) is 0 Å². The van der Waals surface area contributed by atoms with Gasteiger partial charge in [-0.1, -0.05) is 30.3 Å². The molecule has 0 aliphatic heterocycles. The van der Waals surface area contributed by atoms with E-state index in [9.17, 15) is 9.90 Å². The van der Waals surface area contributed by atoms with Crippen LogP contribution < -0.4 is 34.7 Å². The van der Waals surface area contributed by atoms with Gasteiger partial charge in [-0.05, 0) is 5.56 Å². The number of halogens is 1. The zero-order valence-electron chi connectivity index (χ0n) is 7.24. The van der Waals surface area contributed by atoms with Gasteiger partial charge in [-0.3, -0.25) is 4.42 Å². The summed E-state index contributed by atoms with van der Waals surface area (Å²) in [5.74, 6) is 0. The van der Waals surface area contributed by atoms with Crippen molar-refractivity contribution in [3.8, 4) is 0 Å². The Hall–Kier alpha value is -0.220. The van der Waals surface area contributed by atoms with Gasteiger partial charge in [-0.2, -0.15) is 0 Å². The number of hydrogen-bond donors (Lipinski definition) is 0. The van der Waals surface area contributed by atoms with Crippen LogP contribution in [0.3, 0.4) is 0 Å². The molecule has 1 aromatic rings. The minimum absolute atomic E-state index is 0. The SMILES string of the molecule is O=C([O-])N(Cl)Cc1ccccc1.[Na+]. The summed E-state index contributed by atoms with van der Waals surface area (Å²) >= 11 is 5.32. The van der Waals surface area contributed by atoms with Gasteiger partial charge in [0, 0.05) is 11.8 Å². The number of carboxylic acid groups (broad SMARTS) is 1. The molecular formula is C8H7ClNNaO2. The molecule has 0 radical (unpaired) electrons. The topological polar surface area (TPSA) is 43.4 Å². The minimum atomic E-state index is -1.39. The predicted octanol–water partition coefficient (Wildman–Crippen LogP) is -2.01. The van der Waals surface area contributed by atoms with Crippen LogP contribution in [0, 0.1) is 0 Å². The Bertz CT molecular complexity index is 268. The zero-order valence-corrected chi connectivity index (χ0v) is 9.99. The fourth-order valence-corrected chi connectivity index (χ4v) is 0.946. The summed E-state index contributed by atoms with van der Waals surface area (Å²) in [6, 6.07) is 9.06. The number of amides is 1. The third-order valence-corrected chi connectivity index (χ3v) is 1.62. The van der Waals surface area contributed by atoms with E-state index in [2.05, 4.69) is 0 Å². The molecule has 0 bridgehead atoms. The number of benzene rings is 1. The summed E-state index contributed by atoms with van der Waals surface area (Å²) in [5.41, 5.74) is 0.830. The van der Waals surface area contributed by atoms with Gasteiger partial charge in [-0.25, -0.2) is 0 Å². The molecule has 0 spiro atoms. The fourth-order valence-electron chi connectivity index (χ4n) is 0.808. The number of rotatable bonds is 2. The first kappa shape index (κ1) is 12.8.